The summed E-state index contributed by atoms with van der Waals surface area (Å²) < 4.78 is 39.4. The Morgan fingerprint density at radius 3 is 2.61 bits per heavy atom. The standard InChI is InChI=1S/C19H20N2O6S/c1-4-26-19(22)16-10-15-9-13(12-27-28(3,23)24)7-8-21(15)18(16)14-5-6-17(25-2)20-11-14/h5-11H,4,12H2,1-3H3. The monoisotopic (exact) mass is 404 g/mol. The van der Waals surface area contributed by atoms with E-state index in [-0.39, 0.29) is 13.2 Å². The van der Waals surface area contributed by atoms with Crippen LogP contribution in [0.4, 0.5) is 0 Å². The minimum Gasteiger partial charge on any atom is -0.481 e. The van der Waals surface area contributed by atoms with Gasteiger partial charge < -0.3 is 13.9 Å². The highest BCUT2D eigenvalue weighted by molar-refractivity contribution is 7.85. The molecule has 0 unspecified atom stereocenters. The lowest BCUT2D eigenvalue weighted by molar-refractivity contribution is 0.0527. The van der Waals surface area contributed by atoms with Crippen molar-refractivity contribution in [3.05, 3.63) is 53.9 Å². The Labute approximate surface area is 162 Å². The van der Waals surface area contributed by atoms with Crippen LogP contribution in [-0.4, -0.2) is 43.7 Å². The lowest BCUT2D eigenvalue weighted by Gasteiger charge is -2.08. The molecule has 0 spiro atoms. The molecule has 3 aromatic heterocycles. The van der Waals surface area contributed by atoms with Gasteiger partial charge in [-0.15, -0.1) is 0 Å². The average molecular weight is 404 g/mol. The molecule has 0 aliphatic carbocycles. The molecule has 3 heterocycles. The lowest BCUT2D eigenvalue weighted by Crippen LogP contribution is -2.06. The fraction of sp³-hybridized carbons (Fsp3) is 0.263. The number of rotatable bonds is 7. The Morgan fingerprint density at radius 1 is 1.21 bits per heavy atom. The summed E-state index contributed by atoms with van der Waals surface area (Å²) in [5, 5.41) is 0. The molecule has 8 nitrogen and oxygen atoms in total. The molecule has 28 heavy (non-hydrogen) atoms. The summed E-state index contributed by atoms with van der Waals surface area (Å²) in [5.41, 5.74) is 3.08. The predicted octanol–water partition coefficient (Wildman–Crippen LogP) is 2.66. The van der Waals surface area contributed by atoms with Crippen molar-refractivity contribution in [3.8, 4) is 17.1 Å². The molecule has 0 saturated heterocycles. The molecule has 0 aliphatic heterocycles. The first-order valence-electron chi connectivity index (χ1n) is 8.48. The summed E-state index contributed by atoms with van der Waals surface area (Å²) in [6, 6.07) is 8.69. The van der Waals surface area contributed by atoms with Crippen LogP contribution in [0, 0.1) is 0 Å². The van der Waals surface area contributed by atoms with E-state index < -0.39 is 16.1 Å². The minimum atomic E-state index is -3.55. The van der Waals surface area contributed by atoms with Crippen molar-refractivity contribution >= 4 is 21.6 Å². The van der Waals surface area contributed by atoms with Gasteiger partial charge in [-0.05, 0) is 36.8 Å². The van der Waals surface area contributed by atoms with E-state index >= 15 is 0 Å². The molecule has 0 aromatic carbocycles. The molecular weight excluding hydrogens is 384 g/mol. The second-order valence-corrected chi connectivity index (χ2v) is 7.66. The van der Waals surface area contributed by atoms with E-state index in [0.717, 1.165) is 6.26 Å². The number of hydrogen-bond acceptors (Lipinski definition) is 7. The summed E-state index contributed by atoms with van der Waals surface area (Å²) in [4.78, 5) is 16.7. The first kappa shape index (κ1) is 19.8. The van der Waals surface area contributed by atoms with Crippen molar-refractivity contribution in [1.82, 2.24) is 9.38 Å². The number of esters is 1. The largest absolute Gasteiger partial charge is 0.481 e. The Balaban J connectivity index is 2.10. The van der Waals surface area contributed by atoms with Crippen molar-refractivity contribution in [2.24, 2.45) is 0 Å². The maximum absolute atomic E-state index is 12.5. The molecule has 0 aliphatic rings. The Kier molecular flexibility index (Phi) is 5.66. The van der Waals surface area contributed by atoms with Crippen molar-refractivity contribution in [2.75, 3.05) is 20.0 Å². The highest BCUT2D eigenvalue weighted by atomic mass is 32.2. The van der Waals surface area contributed by atoms with Crippen LogP contribution in [0.15, 0.2) is 42.7 Å². The smallest absolute Gasteiger partial charge is 0.340 e. The summed E-state index contributed by atoms with van der Waals surface area (Å²) in [5.74, 6) is 0.00783. The van der Waals surface area contributed by atoms with E-state index in [1.807, 2.05) is 4.40 Å². The van der Waals surface area contributed by atoms with Crippen LogP contribution in [0.1, 0.15) is 22.8 Å². The van der Waals surface area contributed by atoms with Crippen molar-refractivity contribution in [3.63, 3.8) is 0 Å². The third kappa shape index (κ3) is 4.32. The average Bonchev–Trinajstić information content (AvgIpc) is 3.05. The van der Waals surface area contributed by atoms with E-state index in [0.29, 0.717) is 33.8 Å². The van der Waals surface area contributed by atoms with Crippen molar-refractivity contribution in [1.29, 1.82) is 0 Å². The number of nitrogens with zero attached hydrogens (tertiary/aromatic N) is 2. The third-order valence-electron chi connectivity index (χ3n) is 3.99. The van der Waals surface area contributed by atoms with Crippen LogP contribution < -0.4 is 4.74 Å². The quantitative estimate of drug-likeness (QED) is 0.441. The molecule has 0 N–H and O–H groups in total. The summed E-state index contributed by atoms with van der Waals surface area (Å²) in [7, 11) is -2.02. The van der Waals surface area contributed by atoms with Crippen molar-refractivity contribution < 1.29 is 26.9 Å². The first-order chi connectivity index (χ1) is 13.3. The third-order valence-corrected chi connectivity index (χ3v) is 4.54. The summed E-state index contributed by atoms with van der Waals surface area (Å²) >= 11 is 0. The first-order valence-corrected chi connectivity index (χ1v) is 10.3. The van der Waals surface area contributed by atoms with Crippen LogP contribution in [0.5, 0.6) is 5.88 Å². The van der Waals surface area contributed by atoms with Gasteiger partial charge in [0.25, 0.3) is 10.1 Å². The number of carbonyl (C=O) groups excluding carboxylic acids is 1. The number of fused-ring (bicyclic) bond motifs is 1. The van der Waals surface area contributed by atoms with E-state index in [9.17, 15) is 13.2 Å². The van der Waals surface area contributed by atoms with Gasteiger partial charge in [0, 0.05) is 29.5 Å². The number of aromatic nitrogens is 2. The zero-order valence-corrected chi connectivity index (χ0v) is 16.5. The number of ether oxygens (including phenoxy) is 2. The van der Waals surface area contributed by atoms with Crippen LogP contribution in [-0.2, 0) is 25.6 Å². The van der Waals surface area contributed by atoms with Gasteiger partial charge in [-0.3, -0.25) is 4.18 Å². The highest BCUT2D eigenvalue weighted by Crippen LogP contribution is 2.29. The van der Waals surface area contributed by atoms with Gasteiger partial charge in [-0.1, -0.05) is 0 Å². The zero-order valence-electron chi connectivity index (χ0n) is 15.7. The summed E-state index contributed by atoms with van der Waals surface area (Å²) in [6.45, 7) is 1.90. The number of methoxy groups -OCH3 is 1. The molecular formula is C19H20N2O6S. The fourth-order valence-electron chi connectivity index (χ4n) is 2.79. The second kappa shape index (κ2) is 7.99. The Morgan fingerprint density at radius 2 is 2.00 bits per heavy atom. The van der Waals surface area contributed by atoms with Crippen LogP contribution in [0.3, 0.4) is 0 Å². The molecule has 3 aromatic rings. The van der Waals surface area contributed by atoms with Gasteiger partial charge in [0.2, 0.25) is 5.88 Å². The zero-order chi connectivity index (χ0) is 20.3. The van der Waals surface area contributed by atoms with E-state index in [1.165, 1.54) is 7.11 Å². The Bertz CT molecular complexity index is 1100. The van der Waals surface area contributed by atoms with Crippen LogP contribution in [0.25, 0.3) is 16.8 Å². The summed E-state index contributed by atoms with van der Waals surface area (Å²) in [6.07, 6.45) is 4.36. The maximum atomic E-state index is 12.5. The van der Waals surface area contributed by atoms with Gasteiger partial charge in [-0.25, -0.2) is 9.78 Å². The predicted molar refractivity (Wildman–Crippen MR) is 103 cm³/mol. The molecule has 0 fully saturated rings. The Hall–Kier alpha value is -2.91. The van der Waals surface area contributed by atoms with Gasteiger partial charge in [0.15, 0.2) is 0 Å². The van der Waals surface area contributed by atoms with E-state index in [4.69, 9.17) is 13.7 Å². The molecule has 9 heteroatoms. The normalized spacial score (nSPS) is 11.5. The lowest BCUT2D eigenvalue weighted by atomic mass is 10.1. The minimum absolute atomic E-state index is 0.0886. The van der Waals surface area contributed by atoms with Gasteiger partial charge in [0.1, 0.15) is 0 Å². The molecule has 0 radical (unpaired) electrons. The topological polar surface area (TPSA) is 96.2 Å². The van der Waals surface area contributed by atoms with Gasteiger partial charge in [-0.2, -0.15) is 8.42 Å². The van der Waals surface area contributed by atoms with Crippen LogP contribution in [0.2, 0.25) is 0 Å². The fourth-order valence-corrected chi connectivity index (χ4v) is 3.14. The highest BCUT2D eigenvalue weighted by Gasteiger charge is 2.20. The number of carbonyl (C=O) groups is 1. The van der Waals surface area contributed by atoms with E-state index in [1.54, 1.807) is 49.6 Å². The SMILES string of the molecule is CCOC(=O)c1cc2cc(COS(C)(=O)=O)ccn2c1-c1ccc(OC)nc1. The van der Waals surface area contributed by atoms with E-state index in [2.05, 4.69) is 4.98 Å². The molecule has 0 bridgehead atoms. The molecule has 0 amide bonds. The molecule has 148 valence electrons. The van der Waals surface area contributed by atoms with Gasteiger partial charge in [0.05, 0.1) is 37.8 Å². The second-order valence-electron chi connectivity index (χ2n) is 6.01. The number of pyridine rings is 2. The van der Waals surface area contributed by atoms with Crippen LogP contribution >= 0.6 is 0 Å². The maximum Gasteiger partial charge on any atom is 0.340 e. The molecule has 0 saturated carbocycles. The van der Waals surface area contributed by atoms with Crippen molar-refractivity contribution in [2.45, 2.75) is 13.5 Å². The van der Waals surface area contributed by atoms with Gasteiger partial charge >= 0.3 is 5.97 Å². The molecule has 3 rings (SSSR count). The number of hydrogen-bond donors (Lipinski definition) is 0. The molecule has 0 atom stereocenters.